The summed E-state index contributed by atoms with van der Waals surface area (Å²) in [5, 5.41) is 29.2. The molecule has 0 aliphatic rings. The molecule has 152 valence electrons. The summed E-state index contributed by atoms with van der Waals surface area (Å²) in [7, 11) is 0. The van der Waals surface area contributed by atoms with Gasteiger partial charge in [-0.15, -0.1) is 0 Å². The molecule has 0 amide bonds. The van der Waals surface area contributed by atoms with E-state index in [1.807, 2.05) is 0 Å². The fraction of sp³-hybridized carbons (Fsp3) is 0.190. The van der Waals surface area contributed by atoms with E-state index in [4.69, 9.17) is 9.47 Å². The molecule has 0 fully saturated rings. The van der Waals surface area contributed by atoms with Crippen LogP contribution in [0.5, 0.6) is 11.5 Å². The lowest BCUT2D eigenvalue weighted by Gasteiger charge is -2.14. The molecule has 3 N–H and O–H groups in total. The Morgan fingerprint density at radius 1 is 1.03 bits per heavy atom. The molecule has 0 aliphatic carbocycles. The zero-order valence-corrected chi connectivity index (χ0v) is 15.6. The van der Waals surface area contributed by atoms with E-state index < -0.39 is 29.6 Å². The zero-order valence-electron chi connectivity index (χ0n) is 15.6. The minimum Gasteiger partial charge on any atom is -0.507 e. The number of hydrogen-bond donors (Lipinski definition) is 3. The third-order valence-electron chi connectivity index (χ3n) is 3.81. The highest BCUT2D eigenvalue weighted by atomic mass is 16.5. The predicted octanol–water partition coefficient (Wildman–Crippen LogP) is 2.18. The van der Waals surface area contributed by atoms with E-state index in [2.05, 4.69) is 6.58 Å². The van der Waals surface area contributed by atoms with Gasteiger partial charge < -0.3 is 24.8 Å². The van der Waals surface area contributed by atoms with Gasteiger partial charge in [0.1, 0.15) is 30.8 Å². The first-order valence-electron chi connectivity index (χ1n) is 8.54. The SMILES string of the molecule is C=C(C)C(=O)OCC(O)COc1ccc(C(=O)c2ccccc2C(=O)O)c(O)c1. The first kappa shape index (κ1) is 21.6. The number of aliphatic hydroxyl groups excluding tert-OH is 1. The van der Waals surface area contributed by atoms with Gasteiger partial charge in [-0.3, -0.25) is 4.79 Å². The summed E-state index contributed by atoms with van der Waals surface area (Å²) in [6, 6.07) is 9.53. The average molecular weight is 400 g/mol. The maximum Gasteiger partial charge on any atom is 0.336 e. The third-order valence-corrected chi connectivity index (χ3v) is 3.81. The van der Waals surface area contributed by atoms with Gasteiger partial charge in [-0.2, -0.15) is 0 Å². The van der Waals surface area contributed by atoms with Crippen LogP contribution in [0, 0.1) is 0 Å². The molecule has 0 spiro atoms. The summed E-state index contributed by atoms with van der Waals surface area (Å²) >= 11 is 0. The highest BCUT2D eigenvalue weighted by molar-refractivity contribution is 6.15. The minimum absolute atomic E-state index is 0.0567. The Hall–Kier alpha value is -3.65. The zero-order chi connectivity index (χ0) is 21.6. The second-order valence-corrected chi connectivity index (χ2v) is 6.20. The molecule has 2 aromatic rings. The number of aromatic carboxylic acids is 1. The number of carboxylic acids is 1. The van der Waals surface area contributed by atoms with Crippen LogP contribution >= 0.6 is 0 Å². The molecule has 2 aromatic carbocycles. The van der Waals surface area contributed by atoms with Crippen molar-refractivity contribution in [3.8, 4) is 11.5 Å². The standard InChI is InChI=1S/C21H20O8/c1-12(2)21(27)29-11-13(22)10-28-14-7-8-17(18(23)9-14)19(24)15-5-3-4-6-16(15)20(25)26/h3-9,13,22-23H,1,10-11H2,2H3,(H,25,26). The van der Waals surface area contributed by atoms with Gasteiger partial charge >= 0.3 is 11.9 Å². The van der Waals surface area contributed by atoms with Crippen LogP contribution < -0.4 is 4.74 Å². The minimum atomic E-state index is -1.25. The van der Waals surface area contributed by atoms with E-state index in [1.54, 1.807) is 0 Å². The summed E-state index contributed by atoms with van der Waals surface area (Å²) in [6.45, 7) is 4.38. The fourth-order valence-corrected chi connectivity index (χ4v) is 2.34. The molecule has 0 radical (unpaired) electrons. The number of aliphatic hydroxyl groups is 1. The molecule has 8 nitrogen and oxygen atoms in total. The molecule has 0 heterocycles. The largest absolute Gasteiger partial charge is 0.507 e. The Morgan fingerprint density at radius 3 is 2.28 bits per heavy atom. The quantitative estimate of drug-likeness (QED) is 0.332. The van der Waals surface area contributed by atoms with Crippen molar-refractivity contribution in [2.75, 3.05) is 13.2 Å². The Morgan fingerprint density at radius 2 is 1.69 bits per heavy atom. The van der Waals surface area contributed by atoms with Crippen molar-refractivity contribution in [2.45, 2.75) is 13.0 Å². The molecule has 0 aromatic heterocycles. The van der Waals surface area contributed by atoms with Gasteiger partial charge in [0.05, 0.1) is 11.1 Å². The van der Waals surface area contributed by atoms with Gasteiger partial charge in [-0.05, 0) is 25.1 Å². The Labute approximate surface area is 166 Å². The van der Waals surface area contributed by atoms with Crippen molar-refractivity contribution in [2.24, 2.45) is 0 Å². The highest BCUT2D eigenvalue weighted by Gasteiger charge is 2.20. The lowest BCUT2D eigenvalue weighted by atomic mass is 9.97. The lowest BCUT2D eigenvalue weighted by molar-refractivity contribution is -0.142. The van der Waals surface area contributed by atoms with Gasteiger partial charge in [0, 0.05) is 17.2 Å². The maximum absolute atomic E-state index is 12.6. The highest BCUT2D eigenvalue weighted by Crippen LogP contribution is 2.27. The average Bonchev–Trinajstić information content (AvgIpc) is 2.69. The van der Waals surface area contributed by atoms with E-state index in [0.717, 1.165) is 0 Å². The molecule has 1 unspecified atom stereocenters. The number of carboxylic acid groups (broad SMARTS) is 1. The van der Waals surface area contributed by atoms with Gasteiger partial charge in [-0.25, -0.2) is 9.59 Å². The Balaban J connectivity index is 2.05. The lowest BCUT2D eigenvalue weighted by Crippen LogP contribution is -2.25. The molecule has 8 heteroatoms. The van der Waals surface area contributed by atoms with Crippen LogP contribution in [-0.4, -0.2) is 52.4 Å². The molecular weight excluding hydrogens is 380 g/mol. The van der Waals surface area contributed by atoms with Gasteiger partial charge in [0.2, 0.25) is 0 Å². The van der Waals surface area contributed by atoms with E-state index in [9.17, 15) is 29.7 Å². The summed E-state index contributed by atoms with van der Waals surface area (Å²) in [5.41, 5.74) is -0.127. The molecule has 2 rings (SSSR count). The van der Waals surface area contributed by atoms with Crippen molar-refractivity contribution in [3.05, 3.63) is 71.3 Å². The Kier molecular flexibility index (Phi) is 7.10. The molecular formula is C21H20O8. The van der Waals surface area contributed by atoms with Crippen molar-refractivity contribution in [1.82, 2.24) is 0 Å². The molecule has 0 aliphatic heterocycles. The number of phenolic OH excluding ortho intramolecular Hbond substituents is 1. The monoisotopic (exact) mass is 400 g/mol. The summed E-state index contributed by atoms with van der Waals surface area (Å²) in [5.74, 6) is -2.79. The molecule has 0 saturated carbocycles. The molecule has 0 saturated heterocycles. The fourth-order valence-electron chi connectivity index (χ4n) is 2.34. The van der Waals surface area contributed by atoms with Gasteiger partial charge in [0.25, 0.3) is 0 Å². The van der Waals surface area contributed by atoms with Crippen LogP contribution in [0.2, 0.25) is 0 Å². The van der Waals surface area contributed by atoms with Crippen molar-refractivity contribution in [1.29, 1.82) is 0 Å². The van der Waals surface area contributed by atoms with Crippen LogP contribution in [0.25, 0.3) is 0 Å². The topological polar surface area (TPSA) is 130 Å². The van der Waals surface area contributed by atoms with E-state index in [1.165, 1.54) is 49.4 Å². The number of ether oxygens (including phenoxy) is 2. The summed E-state index contributed by atoms with van der Waals surface area (Å²) in [4.78, 5) is 35.2. The molecule has 1 atom stereocenters. The first-order valence-corrected chi connectivity index (χ1v) is 8.54. The predicted molar refractivity (Wildman–Crippen MR) is 102 cm³/mol. The maximum atomic E-state index is 12.6. The number of esters is 1. The van der Waals surface area contributed by atoms with Gasteiger partial charge in [-0.1, -0.05) is 24.8 Å². The number of carbonyl (C=O) groups excluding carboxylic acids is 2. The number of carbonyl (C=O) groups is 3. The molecule has 29 heavy (non-hydrogen) atoms. The second kappa shape index (κ2) is 9.52. The van der Waals surface area contributed by atoms with Crippen LogP contribution in [0.3, 0.4) is 0 Å². The van der Waals surface area contributed by atoms with Crippen molar-refractivity contribution < 1.29 is 39.2 Å². The normalized spacial score (nSPS) is 11.4. The number of ketones is 1. The smallest absolute Gasteiger partial charge is 0.336 e. The van der Waals surface area contributed by atoms with Crippen LogP contribution in [0.4, 0.5) is 0 Å². The van der Waals surface area contributed by atoms with Crippen LogP contribution in [0.15, 0.2) is 54.6 Å². The van der Waals surface area contributed by atoms with Crippen molar-refractivity contribution >= 4 is 17.7 Å². The number of hydrogen-bond acceptors (Lipinski definition) is 7. The molecule has 0 bridgehead atoms. The summed E-state index contributed by atoms with van der Waals surface area (Å²) < 4.78 is 10.1. The Bertz CT molecular complexity index is 947. The number of rotatable bonds is 9. The first-order chi connectivity index (χ1) is 13.7. The number of benzene rings is 2. The van der Waals surface area contributed by atoms with Crippen LogP contribution in [0.1, 0.15) is 33.2 Å². The number of phenols is 1. The van der Waals surface area contributed by atoms with E-state index in [-0.39, 0.29) is 41.2 Å². The van der Waals surface area contributed by atoms with Crippen LogP contribution in [-0.2, 0) is 9.53 Å². The van der Waals surface area contributed by atoms with E-state index >= 15 is 0 Å². The number of aromatic hydroxyl groups is 1. The van der Waals surface area contributed by atoms with Crippen molar-refractivity contribution in [3.63, 3.8) is 0 Å². The second-order valence-electron chi connectivity index (χ2n) is 6.20. The third kappa shape index (κ3) is 5.66. The summed E-state index contributed by atoms with van der Waals surface area (Å²) in [6.07, 6.45) is -1.11. The van der Waals surface area contributed by atoms with E-state index in [0.29, 0.717) is 0 Å². The van der Waals surface area contributed by atoms with Gasteiger partial charge in [0.15, 0.2) is 5.78 Å².